The van der Waals surface area contributed by atoms with Crippen LogP contribution in [0.3, 0.4) is 0 Å². The molecule has 0 spiro atoms. The molecule has 128 valence electrons. The topological polar surface area (TPSA) is 27.7 Å². The smallest absolute Gasteiger partial charge is 0.413 e. The van der Waals surface area contributed by atoms with Crippen LogP contribution in [0.25, 0.3) is 0 Å². The van der Waals surface area contributed by atoms with Crippen molar-refractivity contribution in [2.75, 3.05) is 6.61 Å². The first-order valence-corrected chi connectivity index (χ1v) is 11.5. The summed E-state index contributed by atoms with van der Waals surface area (Å²) in [6.07, 6.45) is 2.40. The molecule has 0 unspecified atom stereocenters. The third-order valence-electron chi connectivity index (χ3n) is 4.86. The molecule has 1 aliphatic rings. The van der Waals surface area contributed by atoms with Crippen molar-refractivity contribution >= 4 is 15.4 Å². The van der Waals surface area contributed by atoms with Gasteiger partial charge in [-0.1, -0.05) is 60.5 Å². The second-order valence-corrected chi connectivity index (χ2v) is 13.4. The van der Waals surface area contributed by atoms with Crippen LogP contribution in [-0.4, -0.2) is 34.3 Å². The quantitative estimate of drug-likeness (QED) is 0.663. The van der Waals surface area contributed by atoms with E-state index in [1.165, 1.54) is 0 Å². The molecule has 1 rings (SSSR count). The van der Waals surface area contributed by atoms with Crippen molar-refractivity contribution in [3.8, 4) is 0 Å². The largest absolute Gasteiger partial charge is 0.486 e. The van der Waals surface area contributed by atoms with E-state index in [1.807, 2.05) is 12.1 Å². The van der Waals surface area contributed by atoms with Gasteiger partial charge in [0.1, 0.15) is 0 Å². The molecule has 2 atom stereocenters. The van der Waals surface area contributed by atoms with Gasteiger partial charge in [0.2, 0.25) is 0 Å². The zero-order valence-electron chi connectivity index (χ0n) is 16.0. The summed E-state index contributed by atoms with van der Waals surface area (Å²) in [5.41, 5.74) is 0. The minimum absolute atomic E-state index is 0.177. The SMILES string of the molecule is CC(C)[C@@H]1OB(/C=C/CO[Si](C)(C)C(C)(C)C)O[C@H]1C(C)C. The van der Waals surface area contributed by atoms with E-state index in [9.17, 15) is 0 Å². The molecule has 1 saturated heterocycles. The molecule has 0 aliphatic carbocycles. The summed E-state index contributed by atoms with van der Waals surface area (Å²) in [4.78, 5) is 0. The summed E-state index contributed by atoms with van der Waals surface area (Å²) in [6.45, 7) is 20.7. The molecule has 5 heteroatoms. The maximum atomic E-state index is 6.14. The van der Waals surface area contributed by atoms with Gasteiger partial charge in [-0.05, 0) is 30.0 Å². The van der Waals surface area contributed by atoms with Crippen molar-refractivity contribution in [3.05, 3.63) is 12.1 Å². The summed E-state index contributed by atoms with van der Waals surface area (Å²) < 4.78 is 18.2. The van der Waals surface area contributed by atoms with Gasteiger partial charge >= 0.3 is 7.12 Å². The highest BCUT2D eigenvalue weighted by molar-refractivity contribution is 6.74. The third-order valence-corrected chi connectivity index (χ3v) is 9.36. The van der Waals surface area contributed by atoms with Crippen molar-refractivity contribution in [1.82, 2.24) is 0 Å². The van der Waals surface area contributed by atoms with Crippen LogP contribution in [0.15, 0.2) is 12.1 Å². The highest BCUT2D eigenvalue weighted by atomic mass is 28.4. The van der Waals surface area contributed by atoms with Crippen molar-refractivity contribution in [2.45, 2.75) is 78.8 Å². The standard InChI is InChI=1S/C17H35BO3Si/c1-13(2)15-16(14(3)4)21-18(20-15)11-10-12-19-22(8,9)17(5,6)7/h10-11,13-16H,12H2,1-9H3/b11-10+/t15-,16-/m0/s1. The lowest BCUT2D eigenvalue weighted by Gasteiger charge is -2.35. The molecule has 0 aromatic heterocycles. The van der Waals surface area contributed by atoms with E-state index in [0.717, 1.165) is 0 Å². The number of hydrogen-bond donors (Lipinski definition) is 0. The van der Waals surface area contributed by atoms with Crippen LogP contribution in [0.4, 0.5) is 0 Å². The van der Waals surface area contributed by atoms with Crippen LogP contribution in [0.1, 0.15) is 48.5 Å². The lowest BCUT2D eigenvalue weighted by Crippen LogP contribution is -2.40. The van der Waals surface area contributed by atoms with Gasteiger partial charge < -0.3 is 13.7 Å². The Hall–Kier alpha value is -0.0982. The molecule has 0 saturated carbocycles. The fourth-order valence-corrected chi connectivity index (χ4v) is 3.25. The molecule has 0 radical (unpaired) electrons. The maximum absolute atomic E-state index is 6.14. The lowest BCUT2D eigenvalue weighted by molar-refractivity contribution is 0.0815. The molecular weight excluding hydrogens is 291 g/mol. The summed E-state index contributed by atoms with van der Waals surface area (Å²) in [6, 6.07) is 0. The molecule has 0 N–H and O–H groups in total. The predicted molar refractivity (Wildman–Crippen MR) is 97.5 cm³/mol. The molecular formula is C17H35BO3Si. The Bertz CT molecular complexity index is 359. The summed E-state index contributed by atoms with van der Waals surface area (Å²) >= 11 is 0. The minimum atomic E-state index is -1.68. The highest BCUT2D eigenvalue weighted by Gasteiger charge is 2.41. The minimum Gasteiger partial charge on any atom is -0.413 e. The van der Waals surface area contributed by atoms with Gasteiger partial charge in [0, 0.05) is 0 Å². The monoisotopic (exact) mass is 326 g/mol. The van der Waals surface area contributed by atoms with Crippen LogP contribution in [0, 0.1) is 11.8 Å². The Morgan fingerprint density at radius 1 is 1.05 bits per heavy atom. The summed E-state index contributed by atoms with van der Waals surface area (Å²) in [7, 11) is -1.91. The van der Waals surface area contributed by atoms with Gasteiger partial charge in [-0.2, -0.15) is 0 Å². The Balaban J connectivity index is 2.51. The van der Waals surface area contributed by atoms with E-state index in [2.05, 4.69) is 61.6 Å². The van der Waals surface area contributed by atoms with E-state index >= 15 is 0 Å². The van der Waals surface area contributed by atoms with Gasteiger partial charge in [0.15, 0.2) is 8.32 Å². The van der Waals surface area contributed by atoms with Gasteiger partial charge in [0.25, 0.3) is 0 Å². The Labute approximate surface area is 139 Å². The Morgan fingerprint density at radius 3 is 1.86 bits per heavy atom. The third kappa shape index (κ3) is 5.22. The van der Waals surface area contributed by atoms with E-state index in [4.69, 9.17) is 13.7 Å². The lowest BCUT2D eigenvalue weighted by atomic mass is 9.90. The van der Waals surface area contributed by atoms with Gasteiger partial charge in [-0.3, -0.25) is 0 Å². The molecule has 3 nitrogen and oxygen atoms in total. The average molecular weight is 326 g/mol. The van der Waals surface area contributed by atoms with Crippen LogP contribution >= 0.6 is 0 Å². The maximum Gasteiger partial charge on any atom is 0.486 e. The summed E-state index contributed by atoms with van der Waals surface area (Å²) in [5, 5.41) is 0.243. The molecule has 0 amide bonds. The first-order valence-electron chi connectivity index (χ1n) is 8.57. The number of rotatable bonds is 6. The Morgan fingerprint density at radius 2 is 1.50 bits per heavy atom. The van der Waals surface area contributed by atoms with Crippen molar-refractivity contribution in [3.63, 3.8) is 0 Å². The van der Waals surface area contributed by atoms with Crippen molar-refractivity contribution in [2.24, 2.45) is 11.8 Å². The van der Waals surface area contributed by atoms with E-state index in [0.29, 0.717) is 18.4 Å². The van der Waals surface area contributed by atoms with Gasteiger partial charge in [-0.25, -0.2) is 0 Å². The van der Waals surface area contributed by atoms with Crippen LogP contribution in [0.5, 0.6) is 0 Å². The fourth-order valence-electron chi connectivity index (χ4n) is 2.30. The van der Waals surface area contributed by atoms with Crippen LogP contribution in [-0.2, 0) is 13.7 Å². The molecule has 0 aromatic carbocycles. The first-order chi connectivity index (χ1) is 9.95. The Kier molecular flexibility index (Phi) is 6.93. The van der Waals surface area contributed by atoms with Crippen molar-refractivity contribution < 1.29 is 13.7 Å². The second-order valence-electron chi connectivity index (χ2n) is 8.56. The summed E-state index contributed by atoms with van der Waals surface area (Å²) in [5.74, 6) is 2.94. The molecule has 1 heterocycles. The van der Waals surface area contributed by atoms with E-state index in [-0.39, 0.29) is 24.4 Å². The second kappa shape index (κ2) is 7.65. The van der Waals surface area contributed by atoms with Crippen LogP contribution in [0.2, 0.25) is 18.1 Å². The van der Waals surface area contributed by atoms with Crippen molar-refractivity contribution in [1.29, 1.82) is 0 Å². The predicted octanol–water partition coefficient (Wildman–Crippen LogP) is 4.69. The average Bonchev–Trinajstić information content (AvgIpc) is 2.77. The molecule has 0 aromatic rings. The molecule has 1 fully saturated rings. The fraction of sp³-hybridized carbons (Fsp3) is 0.882. The normalized spacial score (nSPS) is 24.2. The van der Waals surface area contributed by atoms with Gasteiger partial charge in [0.05, 0.1) is 18.8 Å². The molecule has 0 bridgehead atoms. The highest BCUT2D eigenvalue weighted by Crippen LogP contribution is 2.36. The van der Waals surface area contributed by atoms with E-state index < -0.39 is 8.32 Å². The van der Waals surface area contributed by atoms with Crippen LogP contribution < -0.4 is 0 Å². The molecule has 22 heavy (non-hydrogen) atoms. The molecule has 1 aliphatic heterocycles. The first kappa shape index (κ1) is 19.9. The number of hydrogen-bond acceptors (Lipinski definition) is 3. The zero-order valence-corrected chi connectivity index (χ0v) is 17.0. The van der Waals surface area contributed by atoms with Gasteiger partial charge in [-0.15, -0.1) is 0 Å². The zero-order chi connectivity index (χ0) is 17.1. The van der Waals surface area contributed by atoms with E-state index in [1.54, 1.807) is 0 Å².